The summed E-state index contributed by atoms with van der Waals surface area (Å²) in [7, 11) is -8.67. The number of carbonyl (C=O) groups is 1. The normalized spacial score (nSPS) is 15.4. The van der Waals surface area contributed by atoms with Crippen LogP contribution in [0.5, 0.6) is 5.75 Å². The molecule has 0 fully saturated rings. The van der Waals surface area contributed by atoms with Crippen LogP contribution in [0, 0.1) is 5.92 Å². The minimum absolute atomic E-state index is 0.0709. The minimum Gasteiger partial charge on any atom is -0.505 e. The van der Waals surface area contributed by atoms with E-state index in [-0.39, 0.29) is 29.4 Å². The van der Waals surface area contributed by atoms with Gasteiger partial charge in [0.2, 0.25) is 0 Å². The Labute approximate surface area is 222 Å². The number of aryl methyl sites for hydroxylation is 1. The third kappa shape index (κ3) is 5.21. The number of nitrogens with zero attached hydrogens (tertiary/aromatic N) is 3. The molecule has 1 aliphatic heterocycles. The van der Waals surface area contributed by atoms with E-state index in [1.807, 2.05) is 13.8 Å². The van der Waals surface area contributed by atoms with Gasteiger partial charge in [-0.05, 0) is 41.5 Å². The number of sulfone groups is 1. The molecule has 1 unspecified atom stereocenters. The summed E-state index contributed by atoms with van der Waals surface area (Å²) in [4.78, 5) is 25.1. The van der Waals surface area contributed by atoms with E-state index in [1.54, 1.807) is 17.5 Å². The van der Waals surface area contributed by atoms with Crippen LogP contribution in [-0.2, 0) is 31.2 Å². The average Bonchev–Trinajstić information content (AvgIpc) is 3.32. The van der Waals surface area contributed by atoms with Crippen LogP contribution in [0.15, 0.2) is 49.8 Å². The number of carboxylic acids is 1. The number of fused-ring (bicyclic) bond motifs is 1. The molecular formula is C23H24N4O8S3. The largest absolute Gasteiger partial charge is 0.505 e. The predicted molar refractivity (Wildman–Crippen MR) is 142 cm³/mol. The second-order valence-corrected chi connectivity index (χ2v) is 13.8. The van der Waals surface area contributed by atoms with Crippen LogP contribution >= 0.6 is 11.3 Å². The van der Waals surface area contributed by atoms with Gasteiger partial charge in [0.25, 0.3) is 15.6 Å². The van der Waals surface area contributed by atoms with Crippen LogP contribution in [0.3, 0.4) is 0 Å². The summed E-state index contributed by atoms with van der Waals surface area (Å²) in [6.07, 6.45) is 1.33. The van der Waals surface area contributed by atoms with Gasteiger partial charge in [-0.25, -0.2) is 13.1 Å². The van der Waals surface area contributed by atoms with Crippen LogP contribution in [0.4, 0.5) is 5.69 Å². The first-order valence-corrected chi connectivity index (χ1v) is 15.5. The third-order valence-corrected chi connectivity index (χ3v) is 9.27. The number of nitrogens with one attached hydrogen (secondary N) is 1. The second kappa shape index (κ2) is 9.96. The number of thiophene rings is 1. The summed E-state index contributed by atoms with van der Waals surface area (Å²) >= 11 is 1.27. The molecule has 0 saturated heterocycles. The molecule has 0 bridgehead atoms. The molecule has 0 amide bonds. The van der Waals surface area contributed by atoms with Crippen molar-refractivity contribution in [1.29, 1.82) is 0 Å². The minimum atomic E-state index is -4.54. The summed E-state index contributed by atoms with van der Waals surface area (Å²) in [6.45, 7) is 4.15. The van der Waals surface area contributed by atoms with E-state index in [4.69, 9.17) is 0 Å². The number of aromatic hydroxyl groups is 1. The molecule has 12 nitrogen and oxygen atoms in total. The number of carboxylic acid groups (broad SMARTS) is 1. The summed E-state index contributed by atoms with van der Waals surface area (Å²) in [5, 5.41) is 27.3. The van der Waals surface area contributed by atoms with Crippen LogP contribution in [0.25, 0.3) is 10.6 Å². The molecule has 4 rings (SSSR count). The van der Waals surface area contributed by atoms with Crippen molar-refractivity contribution in [2.75, 3.05) is 11.6 Å². The highest BCUT2D eigenvalue weighted by Crippen LogP contribution is 2.36. The highest BCUT2D eigenvalue weighted by atomic mass is 32.2. The zero-order chi connectivity index (χ0) is 28.0. The molecular weight excluding hydrogens is 556 g/mol. The lowest BCUT2D eigenvalue weighted by molar-refractivity contribution is -0.136. The lowest BCUT2D eigenvalue weighted by atomic mass is 10.1. The topological polar surface area (TPSA) is 185 Å². The van der Waals surface area contributed by atoms with Gasteiger partial charge in [-0.3, -0.25) is 9.59 Å². The molecule has 0 saturated carbocycles. The molecule has 3 N–H and O–H groups in total. The summed E-state index contributed by atoms with van der Waals surface area (Å²) < 4.78 is 55.2. The first-order valence-electron chi connectivity index (χ1n) is 11.3. The van der Waals surface area contributed by atoms with E-state index < -0.39 is 58.7 Å². The SMILES string of the molecule is CC(C)CCn1nc(-c2cccs2)c(O)c(C2=NS(=O)(=O)c3cc(C(C(=O)O)S(C)(=O)=O)ccc3N2)c1=O. The summed E-state index contributed by atoms with van der Waals surface area (Å²) in [5.74, 6) is -2.42. The Kier molecular flexibility index (Phi) is 7.20. The summed E-state index contributed by atoms with van der Waals surface area (Å²) in [5.41, 5.74) is -1.42. The fourth-order valence-corrected chi connectivity index (χ4v) is 6.78. The van der Waals surface area contributed by atoms with Crippen molar-refractivity contribution in [2.24, 2.45) is 10.3 Å². The number of hydrogen-bond donors (Lipinski definition) is 3. The standard InChI is InChI=1S/C23H24N4O8S3/c1-12(2)8-9-27-22(29)17(19(28)18(25-27)15-5-4-10-36-15)21-24-14-7-6-13(11-16(14)38(34,35)26-21)20(23(30)31)37(3,32)33/h4-7,10-12,20,28H,8-9H2,1-3H3,(H,24,26)(H,30,31). The highest BCUT2D eigenvalue weighted by Gasteiger charge is 2.35. The molecule has 3 heterocycles. The first kappa shape index (κ1) is 27.5. The average molecular weight is 581 g/mol. The Morgan fingerprint density at radius 1 is 1.24 bits per heavy atom. The molecule has 38 heavy (non-hydrogen) atoms. The number of anilines is 1. The number of hydrogen-bond acceptors (Lipinski definition) is 10. The molecule has 1 atom stereocenters. The van der Waals surface area contributed by atoms with Gasteiger partial charge in [0, 0.05) is 12.8 Å². The van der Waals surface area contributed by atoms with Gasteiger partial charge in [0.05, 0.1) is 10.6 Å². The van der Waals surface area contributed by atoms with Crippen LogP contribution < -0.4 is 10.9 Å². The monoisotopic (exact) mass is 580 g/mol. The maximum absolute atomic E-state index is 13.4. The van der Waals surface area contributed by atoms with E-state index in [0.29, 0.717) is 11.3 Å². The van der Waals surface area contributed by atoms with Gasteiger partial charge < -0.3 is 15.5 Å². The van der Waals surface area contributed by atoms with E-state index in [2.05, 4.69) is 14.8 Å². The quantitative estimate of drug-likeness (QED) is 0.357. The maximum atomic E-state index is 13.4. The lowest BCUT2D eigenvalue weighted by Crippen LogP contribution is -2.34. The molecule has 0 radical (unpaired) electrons. The van der Waals surface area contributed by atoms with Crippen LogP contribution in [-0.4, -0.2) is 54.9 Å². The van der Waals surface area contributed by atoms with Crippen molar-refractivity contribution in [2.45, 2.75) is 37.0 Å². The van der Waals surface area contributed by atoms with Crippen LogP contribution in [0.2, 0.25) is 0 Å². The maximum Gasteiger partial charge on any atom is 0.326 e. The highest BCUT2D eigenvalue weighted by molar-refractivity contribution is 7.91. The lowest BCUT2D eigenvalue weighted by Gasteiger charge is -2.21. The van der Waals surface area contributed by atoms with Crippen molar-refractivity contribution in [3.05, 3.63) is 57.2 Å². The number of benzene rings is 1. The zero-order valence-corrected chi connectivity index (χ0v) is 22.9. The third-order valence-electron chi connectivity index (χ3n) is 5.74. The Balaban J connectivity index is 1.88. The zero-order valence-electron chi connectivity index (χ0n) is 20.4. The smallest absolute Gasteiger partial charge is 0.326 e. The Bertz CT molecular complexity index is 1720. The first-order chi connectivity index (χ1) is 17.7. The van der Waals surface area contributed by atoms with Gasteiger partial charge in [-0.1, -0.05) is 26.0 Å². The van der Waals surface area contributed by atoms with Gasteiger partial charge in [-0.15, -0.1) is 15.7 Å². The molecule has 202 valence electrons. The second-order valence-electron chi connectivity index (χ2n) is 9.10. The molecule has 0 aliphatic carbocycles. The van der Waals surface area contributed by atoms with Gasteiger partial charge in [0.1, 0.15) is 16.2 Å². The van der Waals surface area contributed by atoms with Crippen molar-refractivity contribution in [1.82, 2.24) is 9.78 Å². The Hall–Kier alpha value is -3.56. The van der Waals surface area contributed by atoms with Crippen LogP contribution in [0.1, 0.15) is 36.6 Å². The van der Waals surface area contributed by atoms with Gasteiger partial charge >= 0.3 is 5.97 Å². The predicted octanol–water partition coefficient (Wildman–Crippen LogP) is 2.45. The number of aromatic nitrogens is 2. The molecule has 1 aromatic carbocycles. The summed E-state index contributed by atoms with van der Waals surface area (Å²) in [6, 6.07) is 6.70. The van der Waals surface area contributed by atoms with E-state index in [0.717, 1.165) is 23.1 Å². The number of aliphatic carboxylic acids is 1. The van der Waals surface area contributed by atoms with Gasteiger partial charge in [-0.2, -0.15) is 13.5 Å². The van der Waals surface area contributed by atoms with Crippen molar-refractivity contribution >= 4 is 48.7 Å². The molecule has 15 heteroatoms. The van der Waals surface area contributed by atoms with E-state index >= 15 is 0 Å². The number of sulfonamides is 1. The van der Waals surface area contributed by atoms with Crippen molar-refractivity contribution < 1.29 is 31.8 Å². The van der Waals surface area contributed by atoms with Crippen molar-refractivity contribution in [3.63, 3.8) is 0 Å². The fraction of sp³-hybridized carbons (Fsp3) is 0.304. The fourth-order valence-electron chi connectivity index (χ4n) is 3.91. The molecule has 3 aromatic rings. The molecule has 1 aliphatic rings. The molecule has 2 aromatic heterocycles. The van der Waals surface area contributed by atoms with Crippen molar-refractivity contribution in [3.8, 4) is 16.3 Å². The van der Waals surface area contributed by atoms with Gasteiger partial charge in [0.15, 0.2) is 26.7 Å². The Morgan fingerprint density at radius 3 is 2.53 bits per heavy atom. The molecule has 0 spiro atoms. The Morgan fingerprint density at radius 2 is 1.95 bits per heavy atom. The number of rotatable bonds is 8. The number of amidine groups is 1. The van der Waals surface area contributed by atoms with E-state index in [1.165, 1.54) is 17.4 Å². The van der Waals surface area contributed by atoms with E-state index in [9.17, 15) is 36.6 Å².